The van der Waals surface area contributed by atoms with Crippen LogP contribution in [0.15, 0.2) is 42.7 Å². The minimum Gasteiger partial charge on any atom is -0.355 e. The number of nitrogens with one attached hydrogen (secondary N) is 2. The Hall–Kier alpha value is -2.14. The molecule has 2 rings (SSSR count). The molecule has 1 aromatic heterocycles. The molecule has 2 aromatic rings. The van der Waals surface area contributed by atoms with Crippen LogP contribution in [0.3, 0.4) is 0 Å². The Morgan fingerprint density at radius 2 is 2.00 bits per heavy atom. The van der Waals surface area contributed by atoms with Gasteiger partial charge in [0.25, 0.3) is 0 Å². The van der Waals surface area contributed by atoms with Gasteiger partial charge in [0, 0.05) is 37.3 Å². The van der Waals surface area contributed by atoms with Gasteiger partial charge in [0.2, 0.25) is 5.91 Å². The first kappa shape index (κ1) is 15.3. The predicted octanol–water partition coefficient (Wildman–Crippen LogP) is 1.73. The van der Waals surface area contributed by atoms with Crippen LogP contribution in [0.5, 0.6) is 0 Å². The second-order valence-electron chi connectivity index (χ2n) is 5.25. The van der Waals surface area contributed by atoms with Gasteiger partial charge in [0.1, 0.15) is 0 Å². The minimum atomic E-state index is 0.0362. The van der Waals surface area contributed by atoms with E-state index in [4.69, 9.17) is 0 Å². The van der Waals surface area contributed by atoms with Crippen LogP contribution in [0.25, 0.3) is 5.69 Å². The summed E-state index contributed by atoms with van der Waals surface area (Å²) >= 11 is 0. The monoisotopic (exact) mass is 286 g/mol. The average molecular weight is 286 g/mol. The Bertz CT molecular complexity index is 563. The van der Waals surface area contributed by atoms with Crippen molar-refractivity contribution < 1.29 is 4.79 Å². The van der Waals surface area contributed by atoms with Crippen LogP contribution in [-0.4, -0.2) is 28.8 Å². The molecule has 0 bridgehead atoms. The van der Waals surface area contributed by atoms with Gasteiger partial charge in [-0.2, -0.15) is 5.10 Å². The summed E-state index contributed by atoms with van der Waals surface area (Å²) in [5.41, 5.74) is 2.17. The molecule has 1 heterocycles. The highest BCUT2D eigenvalue weighted by Crippen LogP contribution is 2.07. The number of carbonyl (C=O) groups excluding carboxylic acids is 1. The largest absolute Gasteiger partial charge is 0.355 e. The van der Waals surface area contributed by atoms with Crippen molar-refractivity contribution in [2.45, 2.75) is 20.4 Å². The van der Waals surface area contributed by atoms with Crippen LogP contribution < -0.4 is 10.6 Å². The van der Waals surface area contributed by atoms with Gasteiger partial charge in [-0.05, 0) is 12.1 Å². The number of carbonyl (C=O) groups is 1. The minimum absolute atomic E-state index is 0.0362. The maximum Gasteiger partial charge on any atom is 0.222 e. The van der Waals surface area contributed by atoms with Gasteiger partial charge in [0.05, 0.1) is 11.9 Å². The maximum atomic E-state index is 11.4. The second kappa shape index (κ2) is 7.59. The molecule has 2 N–H and O–H groups in total. The van der Waals surface area contributed by atoms with Crippen molar-refractivity contribution in [1.29, 1.82) is 0 Å². The highest BCUT2D eigenvalue weighted by molar-refractivity contribution is 5.77. The number of hydrogen-bond acceptors (Lipinski definition) is 3. The molecule has 0 saturated heterocycles. The Labute approximate surface area is 125 Å². The van der Waals surface area contributed by atoms with Gasteiger partial charge in [0.15, 0.2) is 0 Å². The second-order valence-corrected chi connectivity index (χ2v) is 5.25. The van der Waals surface area contributed by atoms with E-state index in [1.807, 2.05) is 61.3 Å². The van der Waals surface area contributed by atoms with E-state index in [1.165, 1.54) is 0 Å². The fraction of sp³-hybridized carbons (Fsp3) is 0.375. The van der Waals surface area contributed by atoms with E-state index in [2.05, 4.69) is 15.7 Å². The summed E-state index contributed by atoms with van der Waals surface area (Å²) in [6, 6.07) is 10.0. The molecule has 1 amide bonds. The van der Waals surface area contributed by atoms with E-state index in [1.54, 1.807) is 0 Å². The molecule has 0 fully saturated rings. The summed E-state index contributed by atoms with van der Waals surface area (Å²) in [7, 11) is 0. The highest BCUT2D eigenvalue weighted by atomic mass is 16.1. The molecule has 0 unspecified atom stereocenters. The van der Waals surface area contributed by atoms with E-state index < -0.39 is 0 Å². The summed E-state index contributed by atoms with van der Waals surface area (Å²) in [5.74, 6) is 0.128. The third kappa shape index (κ3) is 4.72. The summed E-state index contributed by atoms with van der Waals surface area (Å²) in [5, 5.41) is 10.5. The van der Waals surface area contributed by atoms with Gasteiger partial charge in [-0.1, -0.05) is 32.0 Å². The summed E-state index contributed by atoms with van der Waals surface area (Å²) in [6.07, 6.45) is 3.86. The summed E-state index contributed by atoms with van der Waals surface area (Å²) in [4.78, 5) is 11.4. The Morgan fingerprint density at radius 3 is 2.71 bits per heavy atom. The number of para-hydroxylation sites is 1. The predicted molar refractivity (Wildman–Crippen MR) is 83.1 cm³/mol. The lowest BCUT2D eigenvalue weighted by Crippen LogP contribution is -2.34. The number of benzene rings is 1. The van der Waals surface area contributed by atoms with Crippen molar-refractivity contribution in [2.24, 2.45) is 5.92 Å². The lowest BCUT2D eigenvalue weighted by atomic mass is 10.2. The van der Waals surface area contributed by atoms with Crippen molar-refractivity contribution in [3.63, 3.8) is 0 Å². The molecule has 0 radical (unpaired) electrons. The lowest BCUT2D eigenvalue weighted by Gasteiger charge is -2.07. The molecule has 1 aromatic carbocycles. The molecule has 0 aliphatic heterocycles. The van der Waals surface area contributed by atoms with E-state index in [-0.39, 0.29) is 11.8 Å². The van der Waals surface area contributed by atoms with Crippen molar-refractivity contribution in [3.8, 4) is 5.69 Å². The smallest absolute Gasteiger partial charge is 0.222 e. The van der Waals surface area contributed by atoms with Crippen LogP contribution >= 0.6 is 0 Å². The third-order valence-corrected chi connectivity index (χ3v) is 3.11. The maximum absolute atomic E-state index is 11.4. The third-order valence-electron chi connectivity index (χ3n) is 3.11. The number of aromatic nitrogens is 2. The standard InChI is InChI=1S/C16H22N4O/c1-13(2)16(21)18-9-8-17-10-14-11-19-20(12-14)15-6-4-3-5-7-15/h3-7,11-13,17H,8-10H2,1-2H3,(H,18,21). The zero-order valence-electron chi connectivity index (χ0n) is 12.5. The molecular weight excluding hydrogens is 264 g/mol. The molecule has 0 spiro atoms. The van der Waals surface area contributed by atoms with Gasteiger partial charge >= 0.3 is 0 Å². The molecule has 0 atom stereocenters. The van der Waals surface area contributed by atoms with Gasteiger partial charge in [-0.3, -0.25) is 4.79 Å². The molecular formula is C16H22N4O. The van der Waals surface area contributed by atoms with Gasteiger partial charge in [-0.25, -0.2) is 4.68 Å². The zero-order chi connectivity index (χ0) is 15.1. The van der Waals surface area contributed by atoms with Crippen LogP contribution in [0.1, 0.15) is 19.4 Å². The van der Waals surface area contributed by atoms with Crippen molar-refractivity contribution in [2.75, 3.05) is 13.1 Å². The average Bonchev–Trinajstić information content (AvgIpc) is 2.96. The molecule has 0 aliphatic carbocycles. The fourth-order valence-electron chi connectivity index (χ4n) is 1.88. The van der Waals surface area contributed by atoms with Crippen molar-refractivity contribution in [1.82, 2.24) is 20.4 Å². The zero-order valence-corrected chi connectivity index (χ0v) is 12.5. The Balaban J connectivity index is 1.73. The number of hydrogen-bond donors (Lipinski definition) is 2. The van der Waals surface area contributed by atoms with Crippen molar-refractivity contribution in [3.05, 3.63) is 48.3 Å². The molecule has 5 heteroatoms. The normalized spacial score (nSPS) is 10.8. The number of amides is 1. The van der Waals surface area contributed by atoms with E-state index in [0.717, 1.165) is 24.3 Å². The van der Waals surface area contributed by atoms with Gasteiger partial charge < -0.3 is 10.6 Å². The topological polar surface area (TPSA) is 59.0 Å². The SMILES string of the molecule is CC(C)C(=O)NCCNCc1cnn(-c2ccccc2)c1. The van der Waals surface area contributed by atoms with Crippen molar-refractivity contribution >= 4 is 5.91 Å². The molecule has 5 nitrogen and oxygen atoms in total. The first-order valence-corrected chi connectivity index (χ1v) is 7.24. The van der Waals surface area contributed by atoms with E-state index in [0.29, 0.717) is 6.54 Å². The number of nitrogens with zero attached hydrogens (tertiary/aromatic N) is 2. The van der Waals surface area contributed by atoms with Crippen LogP contribution in [-0.2, 0) is 11.3 Å². The fourth-order valence-corrected chi connectivity index (χ4v) is 1.88. The van der Waals surface area contributed by atoms with Crippen LogP contribution in [0, 0.1) is 5.92 Å². The molecule has 0 saturated carbocycles. The Kier molecular flexibility index (Phi) is 5.51. The van der Waals surface area contributed by atoms with E-state index in [9.17, 15) is 4.79 Å². The number of rotatable bonds is 7. The molecule has 112 valence electrons. The van der Waals surface area contributed by atoms with Gasteiger partial charge in [-0.15, -0.1) is 0 Å². The summed E-state index contributed by atoms with van der Waals surface area (Å²) in [6.45, 7) is 5.91. The van der Waals surface area contributed by atoms with Crippen LogP contribution in [0.4, 0.5) is 0 Å². The quantitative estimate of drug-likeness (QED) is 0.762. The molecule has 21 heavy (non-hydrogen) atoms. The Morgan fingerprint density at radius 1 is 1.24 bits per heavy atom. The lowest BCUT2D eigenvalue weighted by molar-refractivity contribution is -0.123. The first-order chi connectivity index (χ1) is 10.2. The summed E-state index contributed by atoms with van der Waals surface area (Å²) < 4.78 is 1.86. The highest BCUT2D eigenvalue weighted by Gasteiger charge is 2.05. The molecule has 0 aliphatic rings. The van der Waals surface area contributed by atoms with E-state index >= 15 is 0 Å². The van der Waals surface area contributed by atoms with Crippen LogP contribution in [0.2, 0.25) is 0 Å². The first-order valence-electron chi connectivity index (χ1n) is 7.24.